The molecule has 4 nitrogen and oxygen atoms in total. The minimum atomic E-state index is -3.32. The van der Waals surface area contributed by atoms with Gasteiger partial charge in [0, 0.05) is 18.6 Å². The van der Waals surface area contributed by atoms with E-state index in [9.17, 15) is 8.42 Å². The second-order valence-electron chi connectivity index (χ2n) is 5.94. The largest absolute Gasteiger partial charge is 0.314 e. The van der Waals surface area contributed by atoms with Crippen molar-refractivity contribution < 1.29 is 8.42 Å². The number of benzene rings is 1. The Kier molecular flexibility index (Phi) is 5.41. The molecule has 1 aromatic carbocycles. The molecule has 1 aromatic rings. The molecule has 21 heavy (non-hydrogen) atoms. The van der Waals surface area contributed by atoms with Crippen molar-refractivity contribution in [3.05, 3.63) is 29.8 Å². The van der Waals surface area contributed by atoms with Crippen LogP contribution >= 0.6 is 0 Å². The van der Waals surface area contributed by atoms with Gasteiger partial charge in [-0.25, -0.2) is 8.42 Å². The average molecular weight is 310 g/mol. The summed E-state index contributed by atoms with van der Waals surface area (Å²) in [6, 6.07) is 8.03. The Bertz CT molecular complexity index is 548. The smallest absolute Gasteiger partial charge is 0.243 e. The van der Waals surface area contributed by atoms with Gasteiger partial charge in [-0.2, -0.15) is 4.31 Å². The molecule has 0 bridgehead atoms. The third-order valence-electron chi connectivity index (χ3n) is 3.76. The van der Waals surface area contributed by atoms with E-state index in [4.69, 9.17) is 0 Å². The summed E-state index contributed by atoms with van der Waals surface area (Å²) in [5.74, 6) is 0. The van der Waals surface area contributed by atoms with Crippen molar-refractivity contribution in [3.8, 4) is 0 Å². The lowest BCUT2D eigenvalue weighted by Gasteiger charge is -2.20. The topological polar surface area (TPSA) is 49.4 Å². The van der Waals surface area contributed by atoms with Crippen LogP contribution in [-0.4, -0.2) is 37.9 Å². The number of hydrogen-bond acceptors (Lipinski definition) is 3. The molecular formula is C16H26N2O2S. The molecule has 0 unspecified atom stereocenters. The Morgan fingerprint density at radius 3 is 2.33 bits per heavy atom. The summed E-state index contributed by atoms with van der Waals surface area (Å²) in [6.45, 7) is 7.60. The van der Waals surface area contributed by atoms with Crippen molar-refractivity contribution in [3.63, 3.8) is 0 Å². The van der Waals surface area contributed by atoms with Crippen molar-refractivity contribution in [1.82, 2.24) is 9.62 Å². The van der Waals surface area contributed by atoms with E-state index >= 15 is 0 Å². The van der Waals surface area contributed by atoms with Gasteiger partial charge in [-0.3, -0.25) is 0 Å². The van der Waals surface area contributed by atoms with Crippen LogP contribution in [0.15, 0.2) is 29.2 Å². The van der Waals surface area contributed by atoms with Crippen molar-refractivity contribution in [2.24, 2.45) is 0 Å². The molecule has 1 saturated carbocycles. The molecule has 1 N–H and O–H groups in total. The number of nitrogens with one attached hydrogen (secondary N) is 1. The number of rotatable bonds is 8. The quantitative estimate of drug-likeness (QED) is 0.802. The monoisotopic (exact) mass is 310 g/mol. The van der Waals surface area contributed by atoms with Gasteiger partial charge in [0.25, 0.3) is 0 Å². The first-order valence-corrected chi connectivity index (χ1v) is 9.23. The van der Waals surface area contributed by atoms with Crippen molar-refractivity contribution >= 4 is 10.0 Å². The first-order chi connectivity index (χ1) is 9.95. The number of hydrogen-bond donors (Lipinski definition) is 1. The Balaban J connectivity index is 2.03. The standard InChI is InChI=1S/C16H26N2O2S/c1-4-18(15-7-8-15)21(19,20)16-9-5-14(6-10-16)11-12-17-13(2)3/h5-6,9-10,13,15,17H,4,7-8,11-12H2,1-3H3. The molecule has 118 valence electrons. The highest BCUT2D eigenvalue weighted by molar-refractivity contribution is 7.89. The SMILES string of the molecule is CCN(C1CC1)S(=O)(=O)c1ccc(CCNC(C)C)cc1. The lowest BCUT2D eigenvalue weighted by Crippen LogP contribution is -2.32. The molecule has 0 aromatic heterocycles. The van der Waals surface area contributed by atoms with Gasteiger partial charge >= 0.3 is 0 Å². The molecule has 0 amide bonds. The fraction of sp³-hybridized carbons (Fsp3) is 0.625. The first-order valence-electron chi connectivity index (χ1n) is 7.79. The van der Waals surface area contributed by atoms with Crippen LogP contribution in [0.4, 0.5) is 0 Å². The van der Waals surface area contributed by atoms with Gasteiger partial charge in [0.15, 0.2) is 0 Å². The highest BCUT2D eigenvalue weighted by atomic mass is 32.2. The highest BCUT2D eigenvalue weighted by Gasteiger charge is 2.36. The van der Waals surface area contributed by atoms with Gasteiger partial charge < -0.3 is 5.32 Å². The van der Waals surface area contributed by atoms with E-state index in [1.165, 1.54) is 0 Å². The fourth-order valence-electron chi connectivity index (χ4n) is 2.46. The summed E-state index contributed by atoms with van der Waals surface area (Å²) < 4.78 is 26.8. The molecule has 1 aliphatic rings. The van der Waals surface area contributed by atoms with Gasteiger partial charge in [-0.05, 0) is 43.5 Å². The molecule has 0 spiro atoms. The van der Waals surface area contributed by atoms with E-state index in [1.54, 1.807) is 16.4 Å². The molecule has 0 heterocycles. The molecule has 1 fully saturated rings. The number of sulfonamides is 1. The first kappa shape index (κ1) is 16.5. The zero-order valence-corrected chi connectivity index (χ0v) is 14.0. The maximum absolute atomic E-state index is 12.6. The maximum Gasteiger partial charge on any atom is 0.243 e. The molecule has 0 atom stereocenters. The summed E-state index contributed by atoms with van der Waals surface area (Å²) in [7, 11) is -3.32. The van der Waals surface area contributed by atoms with E-state index in [0.717, 1.165) is 31.4 Å². The van der Waals surface area contributed by atoms with Crippen LogP contribution in [0, 0.1) is 0 Å². The zero-order chi connectivity index (χ0) is 15.5. The Hall–Kier alpha value is -0.910. The van der Waals surface area contributed by atoms with Crippen molar-refractivity contribution in [1.29, 1.82) is 0 Å². The summed E-state index contributed by atoms with van der Waals surface area (Å²) in [6.07, 6.45) is 2.90. The third-order valence-corrected chi connectivity index (χ3v) is 5.80. The van der Waals surface area contributed by atoms with Gasteiger partial charge in [0.05, 0.1) is 4.90 Å². The van der Waals surface area contributed by atoms with E-state index in [1.807, 2.05) is 19.1 Å². The van der Waals surface area contributed by atoms with Crippen LogP contribution in [0.25, 0.3) is 0 Å². The minimum absolute atomic E-state index is 0.218. The van der Waals surface area contributed by atoms with Crippen LogP contribution in [0.5, 0.6) is 0 Å². The van der Waals surface area contributed by atoms with Gasteiger partial charge in [0.2, 0.25) is 10.0 Å². The molecule has 0 radical (unpaired) electrons. The summed E-state index contributed by atoms with van der Waals surface area (Å²) in [4.78, 5) is 0.414. The lowest BCUT2D eigenvalue weighted by molar-refractivity contribution is 0.421. The van der Waals surface area contributed by atoms with E-state index in [0.29, 0.717) is 17.5 Å². The van der Waals surface area contributed by atoms with Crippen LogP contribution in [0.3, 0.4) is 0 Å². The molecule has 2 rings (SSSR count). The average Bonchev–Trinajstić information content (AvgIpc) is 3.24. The second kappa shape index (κ2) is 6.90. The van der Waals surface area contributed by atoms with Crippen molar-refractivity contribution in [2.75, 3.05) is 13.1 Å². The van der Waals surface area contributed by atoms with Gasteiger partial charge in [-0.15, -0.1) is 0 Å². The normalized spacial score (nSPS) is 15.9. The third kappa shape index (κ3) is 4.28. The van der Waals surface area contributed by atoms with E-state index in [2.05, 4.69) is 19.2 Å². The Morgan fingerprint density at radius 1 is 1.24 bits per heavy atom. The predicted molar refractivity (Wildman–Crippen MR) is 85.9 cm³/mol. The van der Waals surface area contributed by atoms with E-state index in [-0.39, 0.29) is 6.04 Å². The fourth-order valence-corrected chi connectivity index (χ4v) is 4.15. The maximum atomic E-state index is 12.6. The van der Waals surface area contributed by atoms with Gasteiger partial charge in [-0.1, -0.05) is 32.9 Å². The Labute approximate surface area is 128 Å². The summed E-state index contributed by atoms with van der Waals surface area (Å²) in [5, 5.41) is 3.36. The Morgan fingerprint density at radius 2 is 1.86 bits per heavy atom. The van der Waals surface area contributed by atoms with Crippen LogP contribution in [0.1, 0.15) is 39.2 Å². The summed E-state index contributed by atoms with van der Waals surface area (Å²) >= 11 is 0. The highest BCUT2D eigenvalue weighted by Crippen LogP contribution is 2.31. The van der Waals surface area contributed by atoms with Crippen molar-refractivity contribution in [2.45, 2.75) is 57.0 Å². The molecule has 1 aliphatic carbocycles. The predicted octanol–water partition coefficient (Wildman–Crippen LogP) is 2.40. The van der Waals surface area contributed by atoms with Crippen LogP contribution in [0.2, 0.25) is 0 Å². The molecule has 0 saturated heterocycles. The van der Waals surface area contributed by atoms with Gasteiger partial charge in [0.1, 0.15) is 0 Å². The zero-order valence-electron chi connectivity index (χ0n) is 13.2. The molecular weight excluding hydrogens is 284 g/mol. The lowest BCUT2D eigenvalue weighted by atomic mass is 10.1. The van der Waals surface area contributed by atoms with Crippen LogP contribution < -0.4 is 5.32 Å². The number of nitrogens with zero attached hydrogens (tertiary/aromatic N) is 1. The second-order valence-corrected chi connectivity index (χ2v) is 7.83. The van der Waals surface area contributed by atoms with Crippen LogP contribution in [-0.2, 0) is 16.4 Å². The molecule has 5 heteroatoms. The van der Waals surface area contributed by atoms with E-state index < -0.39 is 10.0 Å². The minimum Gasteiger partial charge on any atom is -0.314 e. The summed E-state index contributed by atoms with van der Waals surface area (Å²) in [5.41, 5.74) is 1.16. The molecule has 0 aliphatic heterocycles.